The van der Waals surface area contributed by atoms with Crippen molar-refractivity contribution in [3.63, 3.8) is 0 Å². The van der Waals surface area contributed by atoms with E-state index in [9.17, 15) is 28.4 Å². The lowest BCUT2D eigenvalue weighted by atomic mass is 10.0. The largest absolute Gasteiger partial charge is 0.438 e. The molecule has 0 aromatic heterocycles. The van der Waals surface area contributed by atoms with Crippen molar-refractivity contribution in [2.45, 2.75) is 18.3 Å². The SMILES string of the molecule is O=[N+]([O-])c1ccc(N2N=C(c3ccc(Br)cc3)CC2(O)C(F)(F)F)cc1. The molecule has 6 nitrogen and oxygen atoms in total. The summed E-state index contributed by atoms with van der Waals surface area (Å²) in [5, 5.41) is 25.5. The van der Waals surface area contributed by atoms with Gasteiger partial charge in [-0.2, -0.15) is 18.3 Å². The van der Waals surface area contributed by atoms with Crippen molar-refractivity contribution < 1.29 is 23.2 Å². The maximum absolute atomic E-state index is 13.6. The average Bonchev–Trinajstić information content (AvgIpc) is 2.94. The molecule has 136 valence electrons. The van der Waals surface area contributed by atoms with Gasteiger partial charge in [-0.1, -0.05) is 28.1 Å². The first-order chi connectivity index (χ1) is 12.1. The average molecular weight is 430 g/mol. The summed E-state index contributed by atoms with van der Waals surface area (Å²) in [4.78, 5) is 10.0. The number of hydrogen-bond acceptors (Lipinski definition) is 5. The van der Waals surface area contributed by atoms with Crippen molar-refractivity contribution >= 4 is 33.0 Å². The number of benzene rings is 2. The van der Waals surface area contributed by atoms with Crippen LogP contribution >= 0.6 is 15.9 Å². The Morgan fingerprint density at radius 3 is 2.23 bits per heavy atom. The summed E-state index contributed by atoms with van der Waals surface area (Å²) in [6.07, 6.45) is -5.76. The summed E-state index contributed by atoms with van der Waals surface area (Å²) >= 11 is 3.24. The van der Waals surface area contributed by atoms with Crippen molar-refractivity contribution in [1.82, 2.24) is 0 Å². The molecule has 26 heavy (non-hydrogen) atoms. The Morgan fingerprint density at radius 2 is 1.73 bits per heavy atom. The fourth-order valence-corrected chi connectivity index (χ4v) is 2.82. The number of anilines is 1. The van der Waals surface area contributed by atoms with Gasteiger partial charge >= 0.3 is 6.18 Å². The van der Waals surface area contributed by atoms with Crippen LogP contribution in [0.5, 0.6) is 0 Å². The number of hydrogen-bond donors (Lipinski definition) is 1. The summed E-state index contributed by atoms with van der Waals surface area (Å²) in [5.74, 6) is 0. The molecule has 1 atom stereocenters. The van der Waals surface area contributed by atoms with Gasteiger partial charge < -0.3 is 5.11 Å². The minimum absolute atomic E-state index is 0.0516. The Labute approximate surface area is 153 Å². The zero-order valence-corrected chi connectivity index (χ0v) is 14.5. The lowest BCUT2D eigenvalue weighted by molar-refractivity contribution is -0.384. The van der Waals surface area contributed by atoms with E-state index in [2.05, 4.69) is 21.0 Å². The molecule has 0 saturated heterocycles. The second kappa shape index (κ2) is 6.36. The highest BCUT2D eigenvalue weighted by Gasteiger charge is 2.62. The summed E-state index contributed by atoms with van der Waals surface area (Å²) in [7, 11) is 0. The lowest BCUT2D eigenvalue weighted by Gasteiger charge is -2.33. The zero-order valence-electron chi connectivity index (χ0n) is 12.9. The number of aliphatic hydroxyl groups is 1. The molecule has 3 rings (SSSR count). The minimum atomic E-state index is -4.99. The molecule has 0 aliphatic carbocycles. The van der Waals surface area contributed by atoms with E-state index >= 15 is 0 Å². The Bertz CT molecular complexity index is 869. The fraction of sp³-hybridized carbons (Fsp3) is 0.188. The molecule has 1 unspecified atom stereocenters. The third kappa shape index (κ3) is 3.17. The lowest BCUT2D eigenvalue weighted by Crippen LogP contribution is -2.55. The summed E-state index contributed by atoms with van der Waals surface area (Å²) in [6.45, 7) is 0. The highest BCUT2D eigenvalue weighted by Crippen LogP contribution is 2.43. The molecule has 1 N–H and O–H groups in total. The van der Waals surface area contributed by atoms with Gasteiger partial charge in [0.25, 0.3) is 11.4 Å². The zero-order chi connectivity index (χ0) is 19.1. The maximum atomic E-state index is 13.6. The van der Waals surface area contributed by atoms with Crippen LogP contribution in [0.2, 0.25) is 0 Å². The Hall–Kier alpha value is -2.46. The molecule has 2 aromatic carbocycles. The molecule has 0 spiro atoms. The van der Waals surface area contributed by atoms with Crippen molar-refractivity contribution in [3.05, 3.63) is 68.7 Å². The van der Waals surface area contributed by atoms with Gasteiger partial charge in [-0.05, 0) is 29.8 Å². The molecule has 10 heteroatoms. The van der Waals surface area contributed by atoms with Gasteiger partial charge in [0.05, 0.1) is 22.7 Å². The quantitative estimate of drug-likeness (QED) is 0.584. The molecular weight excluding hydrogens is 419 g/mol. The number of alkyl halides is 3. The van der Waals surface area contributed by atoms with E-state index in [0.717, 1.165) is 28.7 Å². The van der Waals surface area contributed by atoms with Crippen LogP contribution in [0.4, 0.5) is 24.5 Å². The summed E-state index contributed by atoms with van der Waals surface area (Å²) in [5.41, 5.74) is -3.15. The normalized spacial score (nSPS) is 20.2. The summed E-state index contributed by atoms with van der Waals surface area (Å²) in [6, 6.07) is 10.8. The van der Waals surface area contributed by atoms with E-state index in [-0.39, 0.29) is 17.1 Å². The first-order valence-corrected chi connectivity index (χ1v) is 8.08. The molecule has 1 aliphatic rings. The van der Waals surface area contributed by atoms with Crippen LogP contribution in [0, 0.1) is 10.1 Å². The third-order valence-corrected chi connectivity index (χ3v) is 4.45. The van der Waals surface area contributed by atoms with Crippen molar-refractivity contribution in [1.29, 1.82) is 0 Å². The van der Waals surface area contributed by atoms with E-state index in [1.807, 2.05) is 0 Å². The van der Waals surface area contributed by atoms with Gasteiger partial charge in [-0.3, -0.25) is 10.1 Å². The van der Waals surface area contributed by atoms with Gasteiger partial charge in [0.2, 0.25) is 0 Å². The van der Waals surface area contributed by atoms with Gasteiger partial charge in [0.1, 0.15) is 0 Å². The minimum Gasteiger partial charge on any atom is -0.362 e. The molecular formula is C16H11BrF3N3O3. The van der Waals surface area contributed by atoms with Crippen LogP contribution in [0.3, 0.4) is 0 Å². The highest BCUT2D eigenvalue weighted by molar-refractivity contribution is 9.10. The molecule has 1 aliphatic heterocycles. The van der Waals surface area contributed by atoms with Crippen LogP contribution in [-0.2, 0) is 0 Å². The van der Waals surface area contributed by atoms with Crippen LogP contribution < -0.4 is 5.01 Å². The first kappa shape index (κ1) is 18.3. The standard InChI is InChI=1S/C16H11BrF3N3O3/c17-11-3-1-10(2-4-11)14-9-15(24,16(18,19)20)22(21-14)12-5-7-13(8-6-12)23(25)26/h1-8,24H,9H2. The van der Waals surface area contributed by atoms with Gasteiger partial charge in [-0.25, -0.2) is 5.01 Å². The maximum Gasteiger partial charge on any atom is 0.438 e. The number of hydrazone groups is 1. The van der Waals surface area contributed by atoms with Crippen LogP contribution in [-0.4, -0.2) is 27.6 Å². The summed E-state index contributed by atoms with van der Waals surface area (Å²) < 4.78 is 41.4. The van der Waals surface area contributed by atoms with Crippen LogP contribution in [0.15, 0.2) is 58.1 Å². The third-order valence-electron chi connectivity index (χ3n) is 3.92. The number of nitrogens with zero attached hydrogens (tertiary/aromatic N) is 3. The molecule has 2 aromatic rings. The molecule has 0 radical (unpaired) electrons. The number of nitro benzene ring substituents is 1. The van der Waals surface area contributed by atoms with E-state index in [1.54, 1.807) is 24.3 Å². The van der Waals surface area contributed by atoms with Crippen molar-refractivity contribution in [2.24, 2.45) is 5.10 Å². The second-order valence-electron chi connectivity index (χ2n) is 5.63. The second-order valence-corrected chi connectivity index (χ2v) is 6.55. The smallest absolute Gasteiger partial charge is 0.362 e. The molecule has 1 heterocycles. The van der Waals surface area contributed by atoms with Crippen molar-refractivity contribution in [2.75, 3.05) is 5.01 Å². The number of non-ortho nitro benzene ring substituents is 1. The Morgan fingerprint density at radius 1 is 1.15 bits per heavy atom. The topological polar surface area (TPSA) is 79.0 Å². The first-order valence-electron chi connectivity index (χ1n) is 7.29. The predicted molar refractivity (Wildman–Crippen MR) is 91.9 cm³/mol. The number of nitro groups is 1. The molecule has 0 bridgehead atoms. The Balaban J connectivity index is 2.05. The Kier molecular flexibility index (Phi) is 4.49. The van der Waals surface area contributed by atoms with E-state index in [0.29, 0.717) is 10.6 Å². The molecule has 0 fully saturated rings. The predicted octanol–water partition coefficient (Wildman–Crippen LogP) is 4.22. The number of halogens is 4. The van der Waals surface area contributed by atoms with Gasteiger partial charge in [-0.15, -0.1) is 0 Å². The highest BCUT2D eigenvalue weighted by atomic mass is 79.9. The molecule has 0 saturated carbocycles. The molecule has 0 amide bonds. The van der Waals surface area contributed by atoms with E-state index in [1.165, 1.54) is 0 Å². The van der Waals surface area contributed by atoms with Gasteiger partial charge in [0.15, 0.2) is 0 Å². The van der Waals surface area contributed by atoms with Crippen LogP contribution in [0.1, 0.15) is 12.0 Å². The van der Waals surface area contributed by atoms with E-state index in [4.69, 9.17) is 0 Å². The van der Waals surface area contributed by atoms with Crippen molar-refractivity contribution in [3.8, 4) is 0 Å². The van der Waals surface area contributed by atoms with Gasteiger partial charge in [0, 0.05) is 16.6 Å². The van der Waals surface area contributed by atoms with Crippen LogP contribution in [0.25, 0.3) is 0 Å². The number of rotatable bonds is 3. The van der Waals surface area contributed by atoms with E-state index < -0.39 is 23.2 Å². The fourth-order valence-electron chi connectivity index (χ4n) is 2.56. The monoisotopic (exact) mass is 429 g/mol.